The number of ether oxygens (including phenoxy) is 1. The summed E-state index contributed by atoms with van der Waals surface area (Å²) in [4.78, 5) is 0. The zero-order valence-corrected chi connectivity index (χ0v) is 10.1. The van der Waals surface area contributed by atoms with Crippen molar-refractivity contribution in [2.75, 3.05) is 20.3 Å². The van der Waals surface area contributed by atoms with E-state index in [1.54, 1.807) is 7.11 Å². The first kappa shape index (κ1) is 12.5. The van der Waals surface area contributed by atoms with Gasteiger partial charge in [-0.15, -0.1) is 0 Å². The fourth-order valence-corrected chi connectivity index (χ4v) is 1.58. The van der Waals surface area contributed by atoms with E-state index in [4.69, 9.17) is 16.3 Å². The fourth-order valence-electron chi connectivity index (χ4n) is 1.40. The van der Waals surface area contributed by atoms with Crippen molar-refractivity contribution < 1.29 is 4.74 Å². The van der Waals surface area contributed by atoms with Gasteiger partial charge in [-0.3, -0.25) is 0 Å². The summed E-state index contributed by atoms with van der Waals surface area (Å²) >= 11 is 6.09. The molecule has 0 bridgehead atoms. The molecule has 0 aliphatic carbocycles. The predicted octanol–water partition coefficient (Wildman–Crippen LogP) is 2.64. The Kier molecular flexibility index (Phi) is 5.69. The van der Waals surface area contributed by atoms with Crippen molar-refractivity contribution in [3.8, 4) is 0 Å². The predicted molar refractivity (Wildman–Crippen MR) is 64.4 cm³/mol. The first-order valence-corrected chi connectivity index (χ1v) is 5.62. The van der Waals surface area contributed by atoms with Crippen LogP contribution in [0.1, 0.15) is 18.1 Å². The van der Waals surface area contributed by atoms with Crippen LogP contribution in [-0.2, 0) is 17.7 Å². The molecule has 15 heavy (non-hydrogen) atoms. The van der Waals surface area contributed by atoms with Crippen molar-refractivity contribution in [3.05, 3.63) is 34.3 Å². The molecular formula is C12H18ClNO. The van der Waals surface area contributed by atoms with E-state index in [-0.39, 0.29) is 0 Å². The summed E-state index contributed by atoms with van der Waals surface area (Å²) in [6.07, 6.45) is 0.937. The lowest BCUT2D eigenvalue weighted by Crippen LogP contribution is -2.12. The normalized spacial score (nSPS) is 10.6. The lowest BCUT2D eigenvalue weighted by molar-refractivity contribution is 0.202. The topological polar surface area (TPSA) is 21.3 Å². The SMILES string of the molecule is CCNCc1cc(CCOC)ccc1Cl. The fraction of sp³-hybridized carbons (Fsp3) is 0.500. The maximum Gasteiger partial charge on any atom is 0.0502 e. The first-order chi connectivity index (χ1) is 7.27. The Morgan fingerprint density at radius 3 is 2.87 bits per heavy atom. The Bertz CT molecular complexity index is 302. The highest BCUT2D eigenvalue weighted by atomic mass is 35.5. The molecular weight excluding hydrogens is 210 g/mol. The summed E-state index contributed by atoms with van der Waals surface area (Å²) in [5.41, 5.74) is 2.43. The van der Waals surface area contributed by atoms with E-state index in [0.29, 0.717) is 0 Å². The molecule has 0 heterocycles. The Hall–Kier alpha value is -0.570. The smallest absolute Gasteiger partial charge is 0.0502 e. The summed E-state index contributed by atoms with van der Waals surface area (Å²) in [5.74, 6) is 0. The molecule has 2 nitrogen and oxygen atoms in total. The van der Waals surface area contributed by atoms with Crippen molar-refractivity contribution in [2.24, 2.45) is 0 Å². The molecule has 84 valence electrons. The van der Waals surface area contributed by atoms with Gasteiger partial charge in [0, 0.05) is 18.7 Å². The molecule has 0 aliphatic rings. The van der Waals surface area contributed by atoms with Crippen LogP contribution >= 0.6 is 11.6 Å². The average Bonchev–Trinajstić information content (AvgIpc) is 2.26. The van der Waals surface area contributed by atoms with Crippen molar-refractivity contribution in [3.63, 3.8) is 0 Å². The standard InChI is InChI=1S/C12H18ClNO/c1-3-14-9-11-8-10(6-7-15-2)4-5-12(11)13/h4-5,8,14H,3,6-7,9H2,1-2H3. The third-order valence-electron chi connectivity index (χ3n) is 2.27. The van der Waals surface area contributed by atoms with Gasteiger partial charge in [-0.05, 0) is 30.2 Å². The van der Waals surface area contributed by atoms with Gasteiger partial charge in [0.25, 0.3) is 0 Å². The van der Waals surface area contributed by atoms with Gasteiger partial charge < -0.3 is 10.1 Å². The highest BCUT2D eigenvalue weighted by molar-refractivity contribution is 6.31. The molecule has 3 heteroatoms. The van der Waals surface area contributed by atoms with Gasteiger partial charge in [-0.25, -0.2) is 0 Å². The van der Waals surface area contributed by atoms with Gasteiger partial charge in [0.2, 0.25) is 0 Å². The number of halogens is 1. The monoisotopic (exact) mass is 227 g/mol. The highest BCUT2D eigenvalue weighted by Crippen LogP contribution is 2.17. The minimum atomic E-state index is 0.752. The third-order valence-corrected chi connectivity index (χ3v) is 2.64. The number of methoxy groups -OCH3 is 1. The molecule has 0 saturated carbocycles. The molecule has 0 spiro atoms. The van der Waals surface area contributed by atoms with Crippen LogP contribution in [0.5, 0.6) is 0 Å². The Labute approximate surface area is 96.6 Å². The quantitative estimate of drug-likeness (QED) is 0.807. The van der Waals surface area contributed by atoms with E-state index < -0.39 is 0 Å². The van der Waals surface area contributed by atoms with E-state index in [1.807, 2.05) is 6.07 Å². The highest BCUT2D eigenvalue weighted by Gasteiger charge is 2.01. The van der Waals surface area contributed by atoms with Crippen LogP contribution in [0.3, 0.4) is 0 Å². The summed E-state index contributed by atoms with van der Waals surface area (Å²) in [6, 6.07) is 6.15. The van der Waals surface area contributed by atoms with Crippen LogP contribution in [0, 0.1) is 0 Å². The van der Waals surface area contributed by atoms with Crippen LogP contribution < -0.4 is 5.32 Å². The Morgan fingerprint density at radius 2 is 2.20 bits per heavy atom. The Morgan fingerprint density at radius 1 is 1.40 bits per heavy atom. The number of rotatable bonds is 6. The van der Waals surface area contributed by atoms with Crippen molar-refractivity contribution >= 4 is 11.6 Å². The average molecular weight is 228 g/mol. The van der Waals surface area contributed by atoms with Crippen LogP contribution in [0.25, 0.3) is 0 Å². The number of nitrogens with one attached hydrogen (secondary N) is 1. The van der Waals surface area contributed by atoms with Gasteiger partial charge in [0.05, 0.1) is 6.61 Å². The van der Waals surface area contributed by atoms with Crippen LogP contribution in [0.2, 0.25) is 5.02 Å². The minimum Gasteiger partial charge on any atom is -0.384 e. The van der Waals surface area contributed by atoms with Crippen LogP contribution in [-0.4, -0.2) is 20.3 Å². The molecule has 1 N–H and O–H groups in total. The van der Waals surface area contributed by atoms with Gasteiger partial charge in [0.15, 0.2) is 0 Å². The summed E-state index contributed by atoms with van der Waals surface area (Å²) in [5, 5.41) is 4.10. The second-order valence-electron chi connectivity index (χ2n) is 3.45. The molecule has 0 aromatic heterocycles. The molecule has 0 saturated heterocycles. The largest absolute Gasteiger partial charge is 0.384 e. The molecule has 0 unspecified atom stereocenters. The molecule has 0 radical (unpaired) electrons. The minimum absolute atomic E-state index is 0.752. The van der Waals surface area contributed by atoms with E-state index in [1.165, 1.54) is 5.56 Å². The maximum atomic E-state index is 6.09. The number of hydrogen-bond donors (Lipinski definition) is 1. The van der Waals surface area contributed by atoms with Gasteiger partial charge in [-0.1, -0.05) is 30.7 Å². The summed E-state index contributed by atoms with van der Waals surface area (Å²) < 4.78 is 5.05. The molecule has 1 aromatic rings. The van der Waals surface area contributed by atoms with Gasteiger partial charge in [0.1, 0.15) is 0 Å². The van der Waals surface area contributed by atoms with E-state index in [2.05, 4.69) is 24.4 Å². The number of benzene rings is 1. The van der Waals surface area contributed by atoms with E-state index in [0.717, 1.165) is 36.7 Å². The molecule has 0 amide bonds. The molecule has 0 aliphatic heterocycles. The zero-order valence-electron chi connectivity index (χ0n) is 9.35. The molecule has 1 aromatic carbocycles. The first-order valence-electron chi connectivity index (χ1n) is 5.25. The lowest BCUT2D eigenvalue weighted by Gasteiger charge is -2.07. The van der Waals surface area contributed by atoms with Crippen LogP contribution in [0.15, 0.2) is 18.2 Å². The third kappa shape index (κ3) is 4.20. The van der Waals surface area contributed by atoms with E-state index in [9.17, 15) is 0 Å². The molecule has 0 fully saturated rings. The summed E-state index contributed by atoms with van der Waals surface area (Å²) in [6.45, 7) is 4.62. The molecule has 0 atom stereocenters. The Balaban J connectivity index is 2.66. The lowest BCUT2D eigenvalue weighted by atomic mass is 10.1. The van der Waals surface area contributed by atoms with Crippen molar-refractivity contribution in [1.82, 2.24) is 5.32 Å². The van der Waals surface area contributed by atoms with Crippen molar-refractivity contribution in [1.29, 1.82) is 0 Å². The zero-order chi connectivity index (χ0) is 11.1. The molecule has 1 rings (SSSR count). The number of hydrogen-bond acceptors (Lipinski definition) is 2. The van der Waals surface area contributed by atoms with Gasteiger partial charge in [-0.2, -0.15) is 0 Å². The van der Waals surface area contributed by atoms with Crippen LogP contribution in [0.4, 0.5) is 0 Å². The summed E-state index contributed by atoms with van der Waals surface area (Å²) in [7, 11) is 1.72. The maximum absolute atomic E-state index is 6.09. The van der Waals surface area contributed by atoms with E-state index >= 15 is 0 Å². The van der Waals surface area contributed by atoms with Crippen molar-refractivity contribution in [2.45, 2.75) is 19.9 Å². The van der Waals surface area contributed by atoms with Gasteiger partial charge >= 0.3 is 0 Å². The second-order valence-corrected chi connectivity index (χ2v) is 3.86. The second kappa shape index (κ2) is 6.83.